The highest BCUT2D eigenvalue weighted by atomic mass is 19.1. The van der Waals surface area contributed by atoms with Crippen LogP contribution in [0.5, 0.6) is 0 Å². The van der Waals surface area contributed by atoms with Gasteiger partial charge in [0.2, 0.25) is 5.91 Å². The molecule has 4 heteroatoms. The van der Waals surface area contributed by atoms with Gasteiger partial charge >= 0.3 is 0 Å². The van der Waals surface area contributed by atoms with Crippen molar-refractivity contribution < 1.29 is 9.18 Å². The minimum absolute atomic E-state index is 0.200. The molecule has 0 radical (unpaired) electrons. The van der Waals surface area contributed by atoms with Gasteiger partial charge in [-0.3, -0.25) is 10.1 Å². The maximum atomic E-state index is 13.3. The number of rotatable bonds is 4. The highest BCUT2D eigenvalue weighted by Crippen LogP contribution is 2.58. The molecule has 1 aliphatic carbocycles. The highest BCUT2D eigenvalue weighted by molar-refractivity contribution is 5.90. The molecule has 1 aliphatic rings. The summed E-state index contributed by atoms with van der Waals surface area (Å²) in [5.41, 5.74) is 5.36. The number of benzene rings is 1. The smallest absolute Gasteiger partial charge is 0.238 e. The summed E-state index contributed by atoms with van der Waals surface area (Å²) in [7, 11) is 0. The molecule has 3 nitrogen and oxygen atoms in total. The topological polar surface area (TPSA) is 55.1 Å². The molecule has 0 bridgehead atoms. The second kappa shape index (κ2) is 4.55. The third-order valence-electron chi connectivity index (χ3n) is 4.05. The summed E-state index contributed by atoms with van der Waals surface area (Å²) in [4.78, 5) is 11.9. The lowest BCUT2D eigenvalue weighted by molar-refractivity contribution is -0.122. The monoisotopic (exact) mass is 278 g/mol. The summed E-state index contributed by atoms with van der Waals surface area (Å²) in [6.07, 6.45) is 1.32. The Morgan fingerprint density at radius 3 is 2.60 bits per heavy atom. The van der Waals surface area contributed by atoms with Crippen LogP contribution in [-0.2, 0) is 11.2 Å². The average Bonchev–Trinajstić information content (AvgIpc) is 2.81. The molecule has 110 valence electrons. The summed E-state index contributed by atoms with van der Waals surface area (Å²) in [6, 6.07) is 6.52. The summed E-state index contributed by atoms with van der Waals surface area (Å²) < 4.78 is 13.3. The van der Waals surface area contributed by atoms with Crippen molar-refractivity contribution in [1.82, 2.24) is 5.32 Å². The van der Waals surface area contributed by atoms with E-state index in [0.717, 1.165) is 5.56 Å². The Labute approximate surface area is 119 Å². The first-order valence-corrected chi connectivity index (χ1v) is 6.92. The molecule has 2 rings (SSSR count). The normalized spacial score (nSPS) is 29.2. The van der Waals surface area contributed by atoms with E-state index in [2.05, 4.69) is 5.32 Å². The van der Waals surface area contributed by atoms with E-state index >= 15 is 0 Å². The highest BCUT2D eigenvalue weighted by Gasteiger charge is 2.68. The zero-order chi connectivity index (χ0) is 15.2. The van der Waals surface area contributed by atoms with Crippen LogP contribution < -0.4 is 11.1 Å². The number of primary amides is 1. The number of amides is 1. The van der Waals surface area contributed by atoms with Crippen LogP contribution in [0.15, 0.2) is 24.3 Å². The third kappa shape index (κ3) is 2.70. The molecule has 1 saturated carbocycles. The summed E-state index contributed by atoms with van der Waals surface area (Å²) in [5, 5.41) is 3.36. The number of carbonyl (C=O) groups is 1. The first-order valence-electron chi connectivity index (χ1n) is 6.92. The fraction of sp³-hybridized carbons (Fsp3) is 0.562. The van der Waals surface area contributed by atoms with Crippen molar-refractivity contribution in [1.29, 1.82) is 0 Å². The molecule has 1 aromatic rings. The van der Waals surface area contributed by atoms with Crippen LogP contribution in [0.3, 0.4) is 0 Å². The Morgan fingerprint density at radius 2 is 2.10 bits per heavy atom. The van der Waals surface area contributed by atoms with E-state index in [-0.39, 0.29) is 22.7 Å². The van der Waals surface area contributed by atoms with Crippen LogP contribution in [0.2, 0.25) is 0 Å². The second-order valence-corrected chi connectivity index (χ2v) is 7.19. The van der Waals surface area contributed by atoms with Gasteiger partial charge in [-0.2, -0.15) is 0 Å². The minimum atomic E-state index is -0.697. The van der Waals surface area contributed by atoms with Crippen LogP contribution in [0.25, 0.3) is 0 Å². The quantitative estimate of drug-likeness (QED) is 0.888. The molecule has 20 heavy (non-hydrogen) atoms. The second-order valence-electron chi connectivity index (χ2n) is 7.19. The van der Waals surface area contributed by atoms with Crippen molar-refractivity contribution in [3.05, 3.63) is 35.6 Å². The van der Waals surface area contributed by atoms with Gasteiger partial charge in [-0.05, 0) is 51.3 Å². The van der Waals surface area contributed by atoms with Crippen molar-refractivity contribution in [2.24, 2.45) is 11.1 Å². The number of hydrogen-bond donors (Lipinski definition) is 2. The molecule has 3 N–H and O–H groups in total. The Kier molecular flexibility index (Phi) is 3.41. The van der Waals surface area contributed by atoms with Crippen molar-refractivity contribution >= 4 is 5.91 Å². The third-order valence-corrected chi connectivity index (χ3v) is 4.05. The minimum Gasteiger partial charge on any atom is -0.368 e. The van der Waals surface area contributed by atoms with Crippen molar-refractivity contribution in [3.8, 4) is 0 Å². The Bertz CT molecular complexity index is 538. The fourth-order valence-corrected chi connectivity index (χ4v) is 3.13. The molecule has 1 fully saturated rings. The number of nitrogens with two attached hydrogens (primary N) is 1. The van der Waals surface area contributed by atoms with Gasteiger partial charge in [-0.1, -0.05) is 19.1 Å². The molecule has 0 aliphatic heterocycles. The van der Waals surface area contributed by atoms with Gasteiger partial charge in [-0.25, -0.2) is 4.39 Å². The van der Waals surface area contributed by atoms with E-state index < -0.39 is 5.54 Å². The van der Waals surface area contributed by atoms with Crippen molar-refractivity contribution in [2.45, 2.75) is 51.6 Å². The molecule has 0 unspecified atom stereocenters. The average molecular weight is 278 g/mol. The van der Waals surface area contributed by atoms with E-state index in [1.807, 2.05) is 33.8 Å². The molecular formula is C16H23FN2O. The van der Waals surface area contributed by atoms with Crippen molar-refractivity contribution in [3.63, 3.8) is 0 Å². The molecule has 0 aromatic heterocycles. The Hall–Kier alpha value is -1.42. The van der Waals surface area contributed by atoms with Gasteiger partial charge < -0.3 is 5.73 Å². The van der Waals surface area contributed by atoms with Crippen LogP contribution in [-0.4, -0.2) is 17.0 Å². The standard InChI is InChI=1S/C16H23FN2O/c1-14(2,3)19-16(13(18)20)10-15(16,4)9-11-6-5-7-12(17)8-11/h5-8,19H,9-10H2,1-4H3,(H2,18,20)/t15-,16+/m1/s1. The van der Waals surface area contributed by atoms with Crippen molar-refractivity contribution in [2.75, 3.05) is 0 Å². The molecular weight excluding hydrogens is 255 g/mol. The summed E-state index contributed by atoms with van der Waals surface area (Å²) >= 11 is 0. The van der Waals surface area contributed by atoms with Gasteiger partial charge in [0.05, 0.1) is 0 Å². The van der Waals surface area contributed by atoms with E-state index in [9.17, 15) is 9.18 Å². The zero-order valence-corrected chi connectivity index (χ0v) is 12.6. The lowest BCUT2D eigenvalue weighted by Crippen LogP contribution is -2.55. The summed E-state index contributed by atoms with van der Waals surface area (Å²) in [6.45, 7) is 8.07. The van der Waals surface area contributed by atoms with E-state index in [0.29, 0.717) is 12.8 Å². The molecule has 1 amide bonds. The van der Waals surface area contributed by atoms with Gasteiger partial charge in [0.25, 0.3) is 0 Å². The fourth-order valence-electron chi connectivity index (χ4n) is 3.13. The lowest BCUT2D eigenvalue weighted by atomic mass is 9.91. The Morgan fingerprint density at radius 1 is 1.45 bits per heavy atom. The molecule has 0 spiro atoms. The van der Waals surface area contributed by atoms with E-state index in [4.69, 9.17) is 5.73 Å². The van der Waals surface area contributed by atoms with Gasteiger partial charge in [0, 0.05) is 11.0 Å². The van der Waals surface area contributed by atoms with E-state index in [1.54, 1.807) is 6.07 Å². The van der Waals surface area contributed by atoms with Crippen LogP contribution >= 0.6 is 0 Å². The van der Waals surface area contributed by atoms with Gasteiger partial charge in [0.1, 0.15) is 11.4 Å². The molecule has 0 saturated heterocycles. The number of halogens is 1. The maximum absolute atomic E-state index is 13.3. The predicted octanol–water partition coefficient (Wildman–Crippen LogP) is 2.39. The SMILES string of the molecule is CC(C)(C)N[C@]1(C(N)=O)C[C@@]1(C)Cc1cccc(F)c1. The van der Waals surface area contributed by atoms with Crippen LogP contribution in [0, 0.1) is 11.2 Å². The van der Waals surface area contributed by atoms with Crippen LogP contribution in [0.4, 0.5) is 4.39 Å². The molecule has 1 aromatic carbocycles. The number of hydrogen-bond acceptors (Lipinski definition) is 2. The first-order chi connectivity index (χ1) is 9.08. The van der Waals surface area contributed by atoms with Gasteiger partial charge in [0.15, 0.2) is 0 Å². The maximum Gasteiger partial charge on any atom is 0.238 e. The van der Waals surface area contributed by atoms with Gasteiger partial charge in [-0.15, -0.1) is 0 Å². The number of nitrogens with one attached hydrogen (secondary N) is 1. The lowest BCUT2D eigenvalue weighted by Gasteiger charge is -2.30. The largest absolute Gasteiger partial charge is 0.368 e. The zero-order valence-electron chi connectivity index (χ0n) is 12.6. The molecule has 2 atom stereocenters. The van der Waals surface area contributed by atoms with Crippen LogP contribution in [0.1, 0.15) is 39.7 Å². The predicted molar refractivity (Wildman–Crippen MR) is 77.6 cm³/mol. The number of carbonyl (C=O) groups excluding carboxylic acids is 1. The Balaban J connectivity index is 2.22. The molecule has 0 heterocycles. The van der Waals surface area contributed by atoms with E-state index in [1.165, 1.54) is 12.1 Å². The first kappa shape index (κ1) is 15.0. The summed E-state index contributed by atoms with van der Waals surface area (Å²) in [5.74, 6) is -0.577.